The molecule has 4 unspecified atom stereocenters. The van der Waals surface area contributed by atoms with Crippen molar-refractivity contribution in [3.63, 3.8) is 0 Å². The number of hydrogen-bond donors (Lipinski definition) is 4. The Balaban J connectivity index is 1.43. The molecule has 3 aliphatic carbocycles. The molecule has 4 aliphatic rings. The van der Waals surface area contributed by atoms with E-state index in [2.05, 4.69) is 17.1 Å². The molecule has 0 bridgehead atoms. The molecule has 0 radical (unpaired) electrons. The predicted octanol–water partition coefficient (Wildman–Crippen LogP) is 3.11. The smallest absolute Gasteiger partial charge is 0.237 e. The summed E-state index contributed by atoms with van der Waals surface area (Å²) in [5.74, 6) is 1.54. The van der Waals surface area contributed by atoms with Crippen molar-refractivity contribution in [1.29, 1.82) is 5.41 Å². The first-order chi connectivity index (χ1) is 16.2. The van der Waals surface area contributed by atoms with Gasteiger partial charge in [0, 0.05) is 30.5 Å². The molecule has 7 nitrogen and oxygen atoms in total. The summed E-state index contributed by atoms with van der Waals surface area (Å²) in [6.45, 7) is 2.93. The molecule has 0 aromatic heterocycles. The van der Waals surface area contributed by atoms with Crippen LogP contribution in [0.15, 0.2) is 0 Å². The third kappa shape index (κ3) is 5.74. The average Bonchev–Trinajstić information content (AvgIpc) is 3.17. The molecule has 4 rings (SSSR count). The highest BCUT2D eigenvalue weighted by atomic mass is 19.1. The number of nitrogens with one attached hydrogen (secondary N) is 2. The zero-order valence-corrected chi connectivity index (χ0v) is 20.7. The molecule has 3 saturated carbocycles. The molecule has 192 valence electrons. The second kappa shape index (κ2) is 10.9. The van der Waals surface area contributed by atoms with Gasteiger partial charge in [-0.3, -0.25) is 19.9 Å². The molecular formula is C26H44FN5O2. The molecule has 0 aromatic rings. The van der Waals surface area contributed by atoms with Gasteiger partial charge in [0.15, 0.2) is 0 Å². The summed E-state index contributed by atoms with van der Waals surface area (Å²) in [6, 6.07) is 0.180. The molecular weight excluding hydrogens is 433 g/mol. The fourth-order valence-corrected chi connectivity index (χ4v) is 7.29. The highest BCUT2D eigenvalue weighted by Gasteiger charge is 2.48. The Hall–Kier alpha value is -1.70. The average molecular weight is 478 g/mol. The first kappa shape index (κ1) is 25.4. The van der Waals surface area contributed by atoms with Gasteiger partial charge in [-0.25, -0.2) is 4.39 Å². The topological polar surface area (TPSA) is 125 Å². The normalized spacial score (nSPS) is 39.7. The number of amidine groups is 1. The number of rotatable bonds is 7. The first-order valence-electron chi connectivity index (χ1n) is 13.6. The Kier molecular flexibility index (Phi) is 8.16. The molecule has 1 heterocycles. The van der Waals surface area contributed by atoms with E-state index in [1.54, 1.807) is 0 Å². The molecule has 6 N–H and O–H groups in total. The number of carbonyl (C=O) groups excluding carboxylic acids is 2. The van der Waals surface area contributed by atoms with Crippen LogP contribution in [0.4, 0.5) is 4.39 Å². The van der Waals surface area contributed by atoms with E-state index >= 15 is 0 Å². The minimum Gasteiger partial charge on any atom is -0.387 e. The summed E-state index contributed by atoms with van der Waals surface area (Å²) in [6.07, 6.45) is 9.47. The van der Waals surface area contributed by atoms with Crippen LogP contribution in [0.25, 0.3) is 0 Å². The van der Waals surface area contributed by atoms with E-state index in [1.165, 1.54) is 0 Å². The Labute approximate surface area is 203 Å². The third-order valence-corrected chi connectivity index (χ3v) is 9.55. The molecule has 1 saturated heterocycles. The highest BCUT2D eigenvalue weighted by molar-refractivity contribution is 5.83. The van der Waals surface area contributed by atoms with Gasteiger partial charge in [-0.15, -0.1) is 0 Å². The van der Waals surface area contributed by atoms with Gasteiger partial charge in [-0.05, 0) is 102 Å². The van der Waals surface area contributed by atoms with Gasteiger partial charge >= 0.3 is 0 Å². The maximum absolute atomic E-state index is 13.6. The van der Waals surface area contributed by atoms with Crippen molar-refractivity contribution in [3.8, 4) is 0 Å². The van der Waals surface area contributed by atoms with Crippen molar-refractivity contribution in [2.75, 3.05) is 6.54 Å². The Bertz CT molecular complexity index is 747. The monoisotopic (exact) mass is 477 g/mol. The van der Waals surface area contributed by atoms with Gasteiger partial charge in [0.2, 0.25) is 11.8 Å². The van der Waals surface area contributed by atoms with E-state index in [0.717, 1.165) is 70.8 Å². The summed E-state index contributed by atoms with van der Waals surface area (Å²) in [5.41, 5.74) is 11.4. The number of carbonyl (C=O) groups is 2. The van der Waals surface area contributed by atoms with Crippen LogP contribution in [0.1, 0.15) is 84.0 Å². The molecule has 8 heteroatoms. The first-order valence-corrected chi connectivity index (χ1v) is 13.6. The SMILES string of the molecule is C[C@H](NC(=O)C1CC2CCC(C(=N)N)CC2N1CC1CCC(C(N)=O)CC1)C1CCC(F)CC1. The fraction of sp³-hybridized carbons (Fsp3) is 0.885. The lowest BCUT2D eigenvalue weighted by Gasteiger charge is -2.40. The zero-order valence-electron chi connectivity index (χ0n) is 20.7. The number of nitrogens with zero attached hydrogens (tertiary/aromatic N) is 1. The van der Waals surface area contributed by atoms with Crippen LogP contribution >= 0.6 is 0 Å². The predicted molar refractivity (Wildman–Crippen MR) is 131 cm³/mol. The maximum atomic E-state index is 13.6. The Morgan fingerprint density at radius 3 is 2.24 bits per heavy atom. The zero-order chi connectivity index (χ0) is 24.4. The van der Waals surface area contributed by atoms with E-state index in [4.69, 9.17) is 16.9 Å². The second-order valence-corrected chi connectivity index (χ2v) is 11.7. The van der Waals surface area contributed by atoms with Gasteiger partial charge in [-0.1, -0.05) is 0 Å². The number of primary amides is 1. The van der Waals surface area contributed by atoms with Crippen LogP contribution in [0.5, 0.6) is 0 Å². The van der Waals surface area contributed by atoms with E-state index in [9.17, 15) is 14.0 Å². The number of nitrogens with two attached hydrogens (primary N) is 2. The van der Waals surface area contributed by atoms with Gasteiger partial charge in [-0.2, -0.15) is 0 Å². The summed E-state index contributed by atoms with van der Waals surface area (Å²) in [7, 11) is 0. The van der Waals surface area contributed by atoms with Crippen LogP contribution in [0.2, 0.25) is 0 Å². The van der Waals surface area contributed by atoms with Crippen LogP contribution in [-0.2, 0) is 9.59 Å². The lowest BCUT2D eigenvalue weighted by atomic mass is 9.77. The van der Waals surface area contributed by atoms with Gasteiger partial charge in [0.05, 0.1) is 11.9 Å². The van der Waals surface area contributed by atoms with Crippen molar-refractivity contribution >= 4 is 17.6 Å². The lowest BCUT2D eigenvalue weighted by Crippen LogP contribution is -2.52. The summed E-state index contributed by atoms with van der Waals surface area (Å²) in [5, 5.41) is 11.3. The molecule has 1 aliphatic heterocycles. The number of hydrogen-bond acceptors (Lipinski definition) is 4. The number of alkyl halides is 1. The standard InChI is InChI=1S/C26H44FN5O2/c1-15(17-8-10-21(27)11-9-17)31-26(34)23-12-19-6-7-20(24(28)29)13-22(19)32(23)14-16-2-4-18(5-3-16)25(30)33/h15-23H,2-14H2,1H3,(H3,28,29)(H2,30,33)(H,31,34)/t15-,16?,17?,18?,19?,20?,21?,22?,23?/m0/s1. The van der Waals surface area contributed by atoms with Crippen molar-refractivity contribution < 1.29 is 14.0 Å². The van der Waals surface area contributed by atoms with Crippen LogP contribution in [-0.4, -0.2) is 53.4 Å². The molecule has 34 heavy (non-hydrogen) atoms. The molecule has 0 aromatic carbocycles. The van der Waals surface area contributed by atoms with Crippen molar-refractivity contribution in [3.05, 3.63) is 0 Å². The van der Waals surface area contributed by atoms with Crippen molar-refractivity contribution in [2.45, 2.75) is 108 Å². The van der Waals surface area contributed by atoms with E-state index in [0.29, 0.717) is 30.6 Å². The van der Waals surface area contributed by atoms with E-state index in [-0.39, 0.29) is 47.6 Å². The lowest BCUT2D eigenvalue weighted by molar-refractivity contribution is -0.127. The fourth-order valence-electron chi connectivity index (χ4n) is 7.29. The van der Waals surface area contributed by atoms with E-state index < -0.39 is 6.17 Å². The van der Waals surface area contributed by atoms with Crippen molar-refractivity contribution in [1.82, 2.24) is 10.2 Å². The molecule has 4 fully saturated rings. The van der Waals surface area contributed by atoms with Crippen molar-refractivity contribution in [2.24, 2.45) is 41.1 Å². The third-order valence-electron chi connectivity index (χ3n) is 9.55. The minimum atomic E-state index is -0.688. The number of amides is 2. The second-order valence-electron chi connectivity index (χ2n) is 11.7. The van der Waals surface area contributed by atoms with Crippen LogP contribution in [0, 0.1) is 35.0 Å². The van der Waals surface area contributed by atoms with E-state index in [1.807, 2.05) is 0 Å². The Morgan fingerprint density at radius 1 is 0.971 bits per heavy atom. The number of halogens is 1. The van der Waals surface area contributed by atoms with Crippen LogP contribution in [0.3, 0.4) is 0 Å². The molecule has 0 spiro atoms. The van der Waals surface area contributed by atoms with Gasteiger partial charge in [0.25, 0.3) is 0 Å². The Morgan fingerprint density at radius 2 is 1.62 bits per heavy atom. The summed E-state index contributed by atoms with van der Waals surface area (Å²) in [4.78, 5) is 27.6. The number of likely N-dealkylation sites (tertiary alicyclic amines) is 1. The maximum Gasteiger partial charge on any atom is 0.237 e. The highest BCUT2D eigenvalue weighted by Crippen LogP contribution is 2.43. The molecule has 5 atom stereocenters. The molecule has 2 amide bonds. The quantitative estimate of drug-likeness (QED) is 0.332. The van der Waals surface area contributed by atoms with Gasteiger partial charge < -0.3 is 16.8 Å². The number of fused-ring (bicyclic) bond motifs is 1. The summed E-state index contributed by atoms with van der Waals surface area (Å²) >= 11 is 0. The van der Waals surface area contributed by atoms with Crippen LogP contribution < -0.4 is 16.8 Å². The minimum absolute atomic E-state index is 0.0151. The summed E-state index contributed by atoms with van der Waals surface area (Å²) < 4.78 is 13.6. The van der Waals surface area contributed by atoms with Gasteiger partial charge in [0.1, 0.15) is 6.17 Å². The largest absolute Gasteiger partial charge is 0.387 e.